The fourth-order valence-electron chi connectivity index (χ4n) is 4.07. The van der Waals surface area contributed by atoms with Crippen LogP contribution in [0.3, 0.4) is 0 Å². The molecule has 6 nitrogen and oxygen atoms in total. The molecule has 0 saturated carbocycles. The van der Waals surface area contributed by atoms with Crippen molar-refractivity contribution in [3.8, 4) is 11.5 Å². The summed E-state index contributed by atoms with van der Waals surface area (Å²) in [4.78, 5) is 0. The van der Waals surface area contributed by atoms with E-state index in [0.29, 0.717) is 11.5 Å². The minimum Gasteiger partial charge on any atom is -0.491 e. The second-order valence-corrected chi connectivity index (χ2v) is 9.74. The maximum absolute atomic E-state index is 10.1. The van der Waals surface area contributed by atoms with Gasteiger partial charge in [-0.3, -0.25) is 0 Å². The van der Waals surface area contributed by atoms with Gasteiger partial charge in [0.1, 0.15) is 36.9 Å². The van der Waals surface area contributed by atoms with Gasteiger partial charge >= 0.3 is 0 Å². The summed E-state index contributed by atoms with van der Waals surface area (Å²) in [7, 11) is 0. The van der Waals surface area contributed by atoms with Crippen LogP contribution in [0, 0.1) is 0 Å². The molecule has 2 atom stereocenters. The van der Waals surface area contributed by atoms with Crippen LogP contribution in [0.5, 0.6) is 11.5 Å². The fourth-order valence-corrected chi connectivity index (χ4v) is 4.07. The Kier molecular flexibility index (Phi) is 9.36. The van der Waals surface area contributed by atoms with E-state index in [1.54, 1.807) is 0 Å². The summed E-state index contributed by atoms with van der Waals surface area (Å²) in [5.74, 6) is 1.40. The van der Waals surface area contributed by atoms with Gasteiger partial charge in [-0.25, -0.2) is 0 Å². The third kappa shape index (κ3) is 7.91. The molecule has 2 aromatic rings. The van der Waals surface area contributed by atoms with Crippen LogP contribution in [0.2, 0.25) is 0 Å². The Morgan fingerprint density at radius 2 is 0.946 bits per heavy atom. The molecule has 0 radical (unpaired) electrons. The first kappa shape index (κ1) is 26.9. The molecule has 0 bridgehead atoms. The molecular weight excluding hydrogens is 468 g/mol. The Labute approximate surface area is 219 Å². The van der Waals surface area contributed by atoms with Gasteiger partial charge in [0.05, 0.1) is 25.4 Å². The lowest BCUT2D eigenvalue weighted by Gasteiger charge is -2.26. The molecule has 196 valence electrons. The lowest BCUT2D eigenvalue weighted by atomic mass is 9.78. The molecule has 2 unspecified atom stereocenters. The van der Waals surface area contributed by atoms with Crippen molar-refractivity contribution in [2.75, 3.05) is 26.4 Å². The highest BCUT2D eigenvalue weighted by atomic mass is 16.5. The Morgan fingerprint density at radius 1 is 0.595 bits per heavy atom. The molecule has 4 rings (SSSR count). The van der Waals surface area contributed by atoms with Gasteiger partial charge in [-0.2, -0.15) is 0 Å². The van der Waals surface area contributed by atoms with Crippen LogP contribution in [-0.4, -0.2) is 61.1 Å². The first-order valence-electron chi connectivity index (χ1n) is 12.7. The highest BCUT2D eigenvalue weighted by Gasteiger charge is 2.23. The van der Waals surface area contributed by atoms with Crippen molar-refractivity contribution in [2.45, 2.75) is 43.7 Å². The highest BCUT2D eigenvalue weighted by molar-refractivity contribution is 5.41. The zero-order chi connectivity index (χ0) is 26.1. The van der Waals surface area contributed by atoms with Gasteiger partial charge in [0.2, 0.25) is 0 Å². The second kappa shape index (κ2) is 12.9. The molecule has 37 heavy (non-hydrogen) atoms. The molecule has 0 amide bonds. The van der Waals surface area contributed by atoms with Gasteiger partial charge in [0.25, 0.3) is 0 Å². The molecular formula is C31H36O6. The fraction of sp³-hybridized carbons (Fsp3) is 0.355. The molecule has 0 saturated heterocycles. The molecule has 2 N–H and O–H groups in total. The van der Waals surface area contributed by atoms with E-state index < -0.39 is 12.2 Å². The van der Waals surface area contributed by atoms with Crippen molar-refractivity contribution in [2.24, 2.45) is 0 Å². The van der Waals surface area contributed by atoms with E-state index >= 15 is 0 Å². The molecule has 0 aliphatic heterocycles. The summed E-state index contributed by atoms with van der Waals surface area (Å²) in [5.41, 5.74) is 2.04. The minimum atomic E-state index is -0.700. The highest BCUT2D eigenvalue weighted by Crippen LogP contribution is 2.33. The number of aliphatic hydroxyl groups is 2. The van der Waals surface area contributed by atoms with Crippen LogP contribution in [-0.2, 0) is 14.9 Å². The van der Waals surface area contributed by atoms with Crippen molar-refractivity contribution in [3.05, 3.63) is 108 Å². The van der Waals surface area contributed by atoms with Crippen LogP contribution < -0.4 is 9.47 Å². The van der Waals surface area contributed by atoms with E-state index in [-0.39, 0.29) is 44.1 Å². The molecule has 0 fully saturated rings. The van der Waals surface area contributed by atoms with Crippen LogP contribution in [0.1, 0.15) is 25.0 Å². The molecule has 6 heteroatoms. The summed E-state index contributed by atoms with van der Waals surface area (Å²) in [5, 5.41) is 20.3. The summed E-state index contributed by atoms with van der Waals surface area (Å²) in [6.07, 6.45) is 13.9. The molecule has 0 aromatic heterocycles. The van der Waals surface area contributed by atoms with Crippen LogP contribution in [0.15, 0.2) is 97.1 Å². The predicted octanol–water partition coefficient (Wildman–Crippen LogP) is 4.51. The normalized spacial score (nSPS) is 17.0. The third-order valence-electron chi connectivity index (χ3n) is 6.42. The summed E-state index contributed by atoms with van der Waals surface area (Å²) < 4.78 is 22.7. The number of allylic oxidation sites excluding steroid dienone is 4. The van der Waals surface area contributed by atoms with Gasteiger partial charge in [-0.1, -0.05) is 86.7 Å². The first-order valence-corrected chi connectivity index (χ1v) is 12.7. The second-order valence-electron chi connectivity index (χ2n) is 9.74. The lowest BCUT2D eigenvalue weighted by molar-refractivity contribution is 0.00412. The van der Waals surface area contributed by atoms with Crippen LogP contribution >= 0.6 is 0 Å². The predicted molar refractivity (Wildman–Crippen MR) is 144 cm³/mol. The number of benzene rings is 2. The maximum Gasteiger partial charge on any atom is 0.119 e. The summed E-state index contributed by atoms with van der Waals surface area (Å²) in [6.45, 7) is 5.09. The van der Waals surface area contributed by atoms with E-state index in [2.05, 4.69) is 13.8 Å². The van der Waals surface area contributed by atoms with E-state index in [1.165, 1.54) is 0 Å². The van der Waals surface area contributed by atoms with Crippen molar-refractivity contribution < 1.29 is 29.2 Å². The Morgan fingerprint density at radius 3 is 1.30 bits per heavy atom. The number of aliphatic hydroxyl groups excluding tert-OH is 2. The summed E-state index contributed by atoms with van der Waals surface area (Å²) >= 11 is 0. The maximum atomic E-state index is 10.1. The number of hydrogen-bond acceptors (Lipinski definition) is 6. The van der Waals surface area contributed by atoms with E-state index in [0.717, 1.165) is 11.1 Å². The minimum absolute atomic E-state index is 0.0695. The average Bonchev–Trinajstić information content (AvgIpc) is 3.63. The van der Waals surface area contributed by atoms with Gasteiger partial charge in [-0.15, -0.1) is 0 Å². The van der Waals surface area contributed by atoms with Gasteiger partial charge in [-0.05, 0) is 35.4 Å². The van der Waals surface area contributed by atoms with E-state index in [9.17, 15) is 10.2 Å². The topological polar surface area (TPSA) is 77.4 Å². The smallest absolute Gasteiger partial charge is 0.119 e. The van der Waals surface area contributed by atoms with Crippen LogP contribution in [0.25, 0.3) is 0 Å². The first-order chi connectivity index (χ1) is 17.9. The number of rotatable bonds is 14. The Balaban J connectivity index is 1.23. The summed E-state index contributed by atoms with van der Waals surface area (Å²) in [6, 6.07) is 15.9. The lowest BCUT2D eigenvalue weighted by Crippen LogP contribution is -2.25. The third-order valence-corrected chi connectivity index (χ3v) is 6.42. The van der Waals surface area contributed by atoms with Gasteiger partial charge in [0.15, 0.2) is 0 Å². The molecule has 0 spiro atoms. The molecule has 0 heterocycles. The van der Waals surface area contributed by atoms with Gasteiger partial charge < -0.3 is 29.2 Å². The van der Waals surface area contributed by atoms with Crippen molar-refractivity contribution in [1.29, 1.82) is 0 Å². The Hall–Kier alpha value is -3.16. The zero-order valence-corrected chi connectivity index (χ0v) is 21.4. The molecule has 2 aromatic carbocycles. The van der Waals surface area contributed by atoms with Crippen molar-refractivity contribution in [3.63, 3.8) is 0 Å². The van der Waals surface area contributed by atoms with Gasteiger partial charge in [0, 0.05) is 5.41 Å². The van der Waals surface area contributed by atoms with E-state index in [1.807, 2.05) is 97.1 Å². The number of ether oxygens (including phenoxy) is 4. The standard InChI is InChI=1S/C31H36O6/c1-31(2,23-11-15-29(16-12-23)36-21-25(32)19-34-27-7-3-4-8-27)24-13-17-30(18-14-24)37-22-26(33)20-35-28-9-5-6-10-28/h3-18,25-28,32-33H,19-22H2,1-2H3. The molecule has 2 aliphatic rings. The zero-order valence-electron chi connectivity index (χ0n) is 21.4. The monoisotopic (exact) mass is 504 g/mol. The largest absolute Gasteiger partial charge is 0.491 e. The van der Waals surface area contributed by atoms with Crippen molar-refractivity contribution >= 4 is 0 Å². The average molecular weight is 505 g/mol. The Bertz CT molecular complexity index is 986. The van der Waals surface area contributed by atoms with Crippen LogP contribution in [0.4, 0.5) is 0 Å². The molecule has 2 aliphatic carbocycles. The van der Waals surface area contributed by atoms with E-state index in [4.69, 9.17) is 18.9 Å². The van der Waals surface area contributed by atoms with Crippen molar-refractivity contribution in [1.82, 2.24) is 0 Å². The quantitative estimate of drug-likeness (QED) is 0.394. The number of hydrogen-bond donors (Lipinski definition) is 2. The SMILES string of the molecule is CC(C)(c1ccc(OCC(O)COC2C=CC=C2)cc1)c1ccc(OCC(O)COC2C=CC=C2)cc1.